The van der Waals surface area contributed by atoms with Crippen LogP contribution in [0, 0.1) is 0 Å². The van der Waals surface area contributed by atoms with Crippen molar-refractivity contribution in [2.75, 3.05) is 25.0 Å². The lowest BCUT2D eigenvalue weighted by molar-refractivity contribution is 0.198. The molecule has 0 amide bonds. The Morgan fingerprint density at radius 3 is 3.05 bits per heavy atom. The average molecular weight is 282 g/mol. The minimum absolute atomic E-state index is 0.610. The summed E-state index contributed by atoms with van der Waals surface area (Å²) in [4.78, 5) is 2.58. The normalized spacial score (nSPS) is 22.0. The van der Waals surface area contributed by atoms with Crippen molar-refractivity contribution >= 4 is 5.82 Å². The van der Waals surface area contributed by atoms with Crippen molar-refractivity contribution in [3.05, 3.63) is 47.2 Å². The number of H-pyrrole nitrogens is 1. The van der Waals surface area contributed by atoms with Gasteiger partial charge < -0.3 is 5.32 Å². The van der Waals surface area contributed by atoms with E-state index in [-0.39, 0.29) is 0 Å². The molecule has 0 bridgehead atoms. The van der Waals surface area contributed by atoms with Crippen molar-refractivity contribution in [1.82, 2.24) is 15.1 Å². The van der Waals surface area contributed by atoms with Crippen LogP contribution in [0.4, 0.5) is 5.82 Å². The van der Waals surface area contributed by atoms with Gasteiger partial charge in [-0.15, -0.1) is 0 Å². The number of aromatic amines is 1. The zero-order valence-electron chi connectivity index (χ0n) is 12.3. The lowest BCUT2D eigenvalue weighted by Crippen LogP contribution is -2.34. The van der Waals surface area contributed by atoms with Crippen LogP contribution in [-0.4, -0.2) is 34.7 Å². The SMILES string of the molecule is c1ccc(CN2CCCC(c3[nH]nc4c3CCN4)C2)cc1. The molecule has 2 aliphatic heterocycles. The molecular weight excluding hydrogens is 260 g/mol. The second-order valence-corrected chi connectivity index (χ2v) is 6.20. The second-order valence-electron chi connectivity index (χ2n) is 6.20. The van der Waals surface area contributed by atoms with Crippen LogP contribution in [0.15, 0.2) is 30.3 Å². The maximum atomic E-state index is 4.43. The van der Waals surface area contributed by atoms with E-state index >= 15 is 0 Å². The third kappa shape index (κ3) is 2.56. The van der Waals surface area contributed by atoms with Crippen LogP contribution in [0.1, 0.15) is 35.6 Å². The quantitative estimate of drug-likeness (QED) is 0.910. The smallest absolute Gasteiger partial charge is 0.151 e. The highest BCUT2D eigenvalue weighted by Gasteiger charge is 2.28. The fourth-order valence-corrected chi connectivity index (χ4v) is 3.70. The van der Waals surface area contributed by atoms with Crippen LogP contribution in [-0.2, 0) is 13.0 Å². The van der Waals surface area contributed by atoms with Gasteiger partial charge in [-0.25, -0.2) is 0 Å². The van der Waals surface area contributed by atoms with Gasteiger partial charge in [-0.1, -0.05) is 30.3 Å². The molecule has 0 spiro atoms. The number of piperidine rings is 1. The van der Waals surface area contributed by atoms with E-state index in [2.05, 4.69) is 50.7 Å². The number of nitrogens with zero attached hydrogens (tertiary/aromatic N) is 2. The monoisotopic (exact) mass is 282 g/mol. The molecule has 3 heterocycles. The molecule has 1 atom stereocenters. The van der Waals surface area contributed by atoms with E-state index in [4.69, 9.17) is 0 Å². The fraction of sp³-hybridized carbons (Fsp3) is 0.471. The van der Waals surface area contributed by atoms with E-state index in [0.717, 1.165) is 31.9 Å². The van der Waals surface area contributed by atoms with E-state index in [1.165, 1.54) is 36.2 Å². The highest BCUT2D eigenvalue weighted by atomic mass is 15.2. The van der Waals surface area contributed by atoms with Gasteiger partial charge in [-0.3, -0.25) is 10.00 Å². The Labute approximate surface area is 125 Å². The van der Waals surface area contributed by atoms with E-state index in [1.807, 2.05) is 0 Å². The summed E-state index contributed by atoms with van der Waals surface area (Å²) in [7, 11) is 0. The molecule has 0 aliphatic carbocycles. The first kappa shape index (κ1) is 12.9. The number of fused-ring (bicyclic) bond motifs is 1. The predicted molar refractivity (Wildman–Crippen MR) is 84.5 cm³/mol. The summed E-state index contributed by atoms with van der Waals surface area (Å²) in [6.07, 6.45) is 3.68. The Morgan fingerprint density at radius 1 is 1.24 bits per heavy atom. The number of hydrogen-bond donors (Lipinski definition) is 2. The van der Waals surface area contributed by atoms with Crippen LogP contribution in [0.3, 0.4) is 0 Å². The molecule has 2 aliphatic rings. The summed E-state index contributed by atoms with van der Waals surface area (Å²) in [5, 5.41) is 11.1. The molecule has 2 aromatic rings. The number of anilines is 1. The van der Waals surface area contributed by atoms with Gasteiger partial charge in [-0.2, -0.15) is 5.10 Å². The van der Waals surface area contributed by atoms with Gasteiger partial charge in [0.05, 0.1) is 0 Å². The maximum absolute atomic E-state index is 4.43. The standard InChI is InChI=1S/C17H22N4/c1-2-5-13(6-3-1)11-21-10-4-7-14(12-21)16-15-8-9-18-17(15)20-19-16/h1-3,5-6,14H,4,7-12H2,(H2,18,19,20). The molecule has 110 valence electrons. The molecule has 0 radical (unpaired) electrons. The number of hydrogen-bond acceptors (Lipinski definition) is 3. The number of nitrogens with one attached hydrogen (secondary N) is 2. The van der Waals surface area contributed by atoms with Gasteiger partial charge in [0.25, 0.3) is 0 Å². The summed E-state index contributed by atoms with van der Waals surface area (Å²) in [6.45, 7) is 4.45. The van der Waals surface area contributed by atoms with Gasteiger partial charge in [0.2, 0.25) is 0 Å². The number of aromatic nitrogens is 2. The third-order valence-corrected chi connectivity index (χ3v) is 4.73. The first-order chi connectivity index (χ1) is 10.4. The summed E-state index contributed by atoms with van der Waals surface area (Å²) in [6, 6.07) is 10.8. The number of benzene rings is 1. The Kier molecular flexibility index (Phi) is 3.39. The highest BCUT2D eigenvalue weighted by Crippen LogP contribution is 2.33. The van der Waals surface area contributed by atoms with Gasteiger partial charge in [-0.05, 0) is 31.4 Å². The molecule has 4 heteroatoms. The van der Waals surface area contributed by atoms with Crippen molar-refractivity contribution in [2.45, 2.75) is 31.7 Å². The summed E-state index contributed by atoms with van der Waals surface area (Å²) >= 11 is 0. The highest BCUT2D eigenvalue weighted by molar-refractivity contribution is 5.52. The number of likely N-dealkylation sites (tertiary alicyclic amines) is 1. The molecule has 1 fully saturated rings. The van der Waals surface area contributed by atoms with Crippen LogP contribution in [0.2, 0.25) is 0 Å². The molecule has 4 rings (SSSR count). The van der Waals surface area contributed by atoms with E-state index in [9.17, 15) is 0 Å². The van der Waals surface area contributed by atoms with Crippen LogP contribution >= 0.6 is 0 Å². The molecule has 0 saturated carbocycles. The average Bonchev–Trinajstić information content (AvgIpc) is 3.11. The van der Waals surface area contributed by atoms with Gasteiger partial charge in [0, 0.05) is 36.8 Å². The third-order valence-electron chi connectivity index (χ3n) is 4.73. The largest absolute Gasteiger partial charge is 0.368 e. The predicted octanol–water partition coefficient (Wildman–Crippen LogP) is 2.76. The molecule has 21 heavy (non-hydrogen) atoms. The van der Waals surface area contributed by atoms with Crippen molar-refractivity contribution < 1.29 is 0 Å². The Morgan fingerprint density at radius 2 is 2.14 bits per heavy atom. The minimum Gasteiger partial charge on any atom is -0.368 e. The van der Waals surface area contributed by atoms with Crippen molar-refractivity contribution in [1.29, 1.82) is 0 Å². The van der Waals surface area contributed by atoms with Crippen LogP contribution in [0.5, 0.6) is 0 Å². The lowest BCUT2D eigenvalue weighted by atomic mass is 9.91. The second kappa shape index (κ2) is 5.53. The Balaban J connectivity index is 1.48. The van der Waals surface area contributed by atoms with Crippen molar-refractivity contribution in [2.24, 2.45) is 0 Å². The maximum Gasteiger partial charge on any atom is 0.151 e. The van der Waals surface area contributed by atoms with E-state index in [1.54, 1.807) is 0 Å². The zero-order valence-corrected chi connectivity index (χ0v) is 12.3. The topological polar surface area (TPSA) is 44.0 Å². The molecule has 1 saturated heterocycles. The first-order valence-corrected chi connectivity index (χ1v) is 7.97. The van der Waals surface area contributed by atoms with E-state index < -0.39 is 0 Å². The summed E-state index contributed by atoms with van der Waals surface area (Å²) in [5.74, 6) is 1.70. The van der Waals surface area contributed by atoms with Gasteiger partial charge in [0.15, 0.2) is 5.82 Å². The van der Waals surface area contributed by atoms with E-state index in [0.29, 0.717) is 5.92 Å². The van der Waals surface area contributed by atoms with Gasteiger partial charge >= 0.3 is 0 Å². The van der Waals surface area contributed by atoms with Crippen molar-refractivity contribution in [3.63, 3.8) is 0 Å². The van der Waals surface area contributed by atoms with Crippen molar-refractivity contribution in [3.8, 4) is 0 Å². The minimum atomic E-state index is 0.610. The lowest BCUT2D eigenvalue weighted by Gasteiger charge is -2.32. The Bertz CT molecular complexity index is 605. The number of rotatable bonds is 3. The molecule has 2 N–H and O–H groups in total. The molecule has 1 unspecified atom stereocenters. The van der Waals surface area contributed by atoms with Crippen LogP contribution < -0.4 is 5.32 Å². The van der Waals surface area contributed by atoms with Crippen LogP contribution in [0.25, 0.3) is 0 Å². The Hall–Kier alpha value is -1.81. The fourth-order valence-electron chi connectivity index (χ4n) is 3.70. The zero-order chi connectivity index (χ0) is 14.1. The summed E-state index contributed by atoms with van der Waals surface area (Å²) < 4.78 is 0. The van der Waals surface area contributed by atoms with Gasteiger partial charge in [0.1, 0.15) is 0 Å². The molecule has 1 aromatic carbocycles. The first-order valence-electron chi connectivity index (χ1n) is 7.97. The molecular formula is C17H22N4. The summed E-state index contributed by atoms with van der Waals surface area (Å²) in [5.41, 5.74) is 4.23. The molecule has 4 nitrogen and oxygen atoms in total. The molecule has 1 aromatic heterocycles.